The average Bonchev–Trinajstić information content (AvgIpc) is 2.25. The molecule has 2 fully saturated rings. The van der Waals surface area contributed by atoms with E-state index in [0.717, 1.165) is 19.8 Å². The second kappa shape index (κ2) is 5.03. The Morgan fingerprint density at radius 2 is 2.12 bits per heavy atom. The minimum Gasteiger partial charge on any atom is -0.378 e. The number of ether oxygens (including phenoxy) is 1. The van der Waals surface area contributed by atoms with Crippen molar-refractivity contribution >= 4 is 5.91 Å². The molecule has 0 bridgehead atoms. The third kappa shape index (κ3) is 2.43. The van der Waals surface area contributed by atoms with Crippen molar-refractivity contribution in [1.82, 2.24) is 9.80 Å². The van der Waals surface area contributed by atoms with Gasteiger partial charge in [-0.05, 0) is 0 Å². The number of carbonyl (C=O) groups is 1. The SMILES string of the molecule is CC(C)C(=O)N1CCN(C2COC2)CC1C#N. The summed E-state index contributed by atoms with van der Waals surface area (Å²) in [6, 6.07) is 2.39. The lowest BCUT2D eigenvalue weighted by Crippen LogP contribution is -2.61. The molecule has 1 atom stereocenters. The third-order valence-electron chi connectivity index (χ3n) is 3.47. The minimum absolute atomic E-state index is 0.0376. The van der Waals surface area contributed by atoms with Crippen LogP contribution in [0.25, 0.3) is 0 Å². The highest BCUT2D eigenvalue weighted by Gasteiger charge is 2.36. The predicted molar refractivity (Wildman–Crippen MR) is 62.1 cm³/mol. The van der Waals surface area contributed by atoms with E-state index in [1.807, 2.05) is 13.8 Å². The van der Waals surface area contributed by atoms with Gasteiger partial charge in [-0.3, -0.25) is 9.69 Å². The van der Waals surface area contributed by atoms with E-state index < -0.39 is 0 Å². The number of carbonyl (C=O) groups excluding carboxylic acids is 1. The zero-order valence-corrected chi connectivity index (χ0v) is 10.4. The highest BCUT2D eigenvalue weighted by atomic mass is 16.5. The number of piperazine rings is 1. The van der Waals surface area contributed by atoms with E-state index in [9.17, 15) is 10.1 Å². The Kier molecular flexibility index (Phi) is 3.65. The summed E-state index contributed by atoms with van der Waals surface area (Å²) in [5, 5.41) is 9.18. The Hall–Kier alpha value is -1.12. The van der Waals surface area contributed by atoms with Crippen molar-refractivity contribution in [3.8, 4) is 6.07 Å². The van der Waals surface area contributed by atoms with Gasteiger partial charge in [0.2, 0.25) is 5.91 Å². The molecule has 1 amide bonds. The number of rotatable bonds is 2. The number of hydrogen-bond donors (Lipinski definition) is 0. The lowest BCUT2D eigenvalue weighted by atomic mass is 10.1. The zero-order chi connectivity index (χ0) is 12.4. The molecule has 5 nitrogen and oxygen atoms in total. The Balaban J connectivity index is 1.98. The number of nitriles is 1. The number of hydrogen-bond acceptors (Lipinski definition) is 4. The minimum atomic E-state index is -0.306. The van der Waals surface area contributed by atoms with Crippen molar-refractivity contribution < 1.29 is 9.53 Å². The van der Waals surface area contributed by atoms with Crippen molar-refractivity contribution in [1.29, 1.82) is 5.26 Å². The molecule has 5 heteroatoms. The van der Waals surface area contributed by atoms with Crippen LogP contribution in [0.3, 0.4) is 0 Å². The number of nitrogens with zero attached hydrogens (tertiary/aromatic N) is 3. The molecule has 94 valence electrons. The smallest absolute Gasteiger partial charge is 0.226 e. The summed E-state index contributed by atoms with van der Waals surface area (Å²) in [7, 11) is 0. The summed E-state index contributed by atoms with van der Waals surface area (Å²) in [5.41, 5.74) is 0. The fourth-order valence-corrected chi connectivity index (χ4v) is 2.28. The second-order valence-electron chi connectivity index (χ2n) is 5.02. The molecule has 2 aliphatic rings. The maximum Gasteiger partial charge on any atom is 0.226 e. The van der Waals surface area contributed by atoms with Crippen LogP contribution in [0.1, 0.15) is 13.8 Å². The van der Waals surface area contributed by atoms with Crippen LogP contribution in [-0.2, 0) is 9.53 Å². The van der Waals surface area contributed by atoms with Crippen molar-refractivity contribution in [2.75, 3.05) is 32.8 Å². The first-order valence-electron chi connectivity index (χ1n) is 6.15. The predicted octanol–water partition coefficient (Wildman–Crippen LogP) is 0.0776. The van der Waals surface area contributed by atoms with Crippen molar-refractivity contribution in [3.05, 3.63) is 0 Å². The molecule has 2 aliphatic heterocycles. The fraction of sp³-hybridized carbons (Fsp3) is 0.833. The van der Waals surface area contributed by atoms with Crippen LogP contribution in [0.2, 0.25) is 0 Å². The van der Waals surface area contributed by atoms with E-state index >= 15 is 0 Å². The Morgan fingerprint density at radius 1 is 1.41 bits per heavy atom. The van der Waals surface area contributed by atoms with Crippen LogP contribution in [0.4, 0.5) is 0 Å². The summed E-state index contributed by atoms with van der Waals surface area (Å²) in [4.78, 5) is 15.9. The first-order chi connectivity index (χ1) is 8.13. The molecule has 2 heterocycles. The molecule has 0 aliphatic carbocycles. The van der Waals surface area contributed by atoms with Gasteiger partial charge in [-0.25, -0.2) is 0 Å². The molecule has 2 rings (SSSR count). The topological polar surface area (TPSA) is 56.6 Å². The van der Waals surface area contributed by atoms with Gasteiger partial charge in [-0.1, -0.05) is 13.8 Å². The molecule has 0 aromatic carbocycles. The first-order valence-corrected chi connectivity index (χ1v) is 6.15. The van der Waals surface area contributed by atoms with E-state index in [4.69, 9.17) is 4.74 Å². The maximum absolute atomic E-state index is 12.0. The Labute approximate surface area is 102 Å². The van der Waals surface area contributed by atoms with E-state index in [-0.39, 0.29) is 17.9 Å². The van der Waals surface area contributed by atoms with Crippen LogP contribution in [0.5, 0.6) is 0 Å². The zero-order valence-electron chi connectivity index (χ0n) is 10.4. The molecule has 2 saturated heterocycles. The molecular formula is C12H19N3O2. The molecule has 0 aromatic heterocycles. The van der Waals surface area contributed by atoms with Gasteiger partial charge in [0.15, 0.2) is 0 Å². The molecular weight excluding hydrogens is 218 g/mol. The monoisotopic (exact) mass is 237 g/mol. The highest BCUT2D eigenvalue weighted by molar-refractivity contribution is 5.79. The van der Waals surface area contributed by atoms with Gasteiger partial charge >= 0.3 is 0 Å². The van der Waals surface area contributed by atoms with Crippen LogP contribution < -0.4 is 0 Å². The quantitative estimate of drug-likeness (QED) is 0.682. The van der Waals surface area contributed by atoms with Crippen LogP contribution >= 0.6 is 0 Å². The lowest BCUT2D eigenvalue weighted by molar-refractivity contribution is -0.141. The van der Waals surface area contributed by atoms with Crippen LogP contribution in [-0.4, -0.2) is 60.6 Å². The van der Waals surface area contributed by atoms with Gasteiger partial charge in [-0.2, -0.15) is 5.26 Å². The summed E-state index contributed by atoms with van der Waals surface area (Å²) in [6.07, 6.45) is 0. The molecule has 1 unspecified atom stereocenters. The van der Waals surface area contributed by atoms with Gasteiger partial charge in [0.25, 0.3) is 0 Å². The van der Waals surface area contributed by atoms with Gasteiger partial charge in [-0.15, -0.1) is 0 Å². The Bertz CT molecular complexity index is 333. The summed E-state index contributed by atoms with van der Waals surface area (Å²) in [6.45, 7) is 7.44. The van der Waals surface area contributed by atoms with Crippen LogP contribution in [0.15, 0.2) is 0 Å². The van der Waals surface area contributed by atoms with Crippen molar-refractivity contribution in [3.63, 3.8) is 0 Å². The highest BCUT2D eigenvalue weighted by Crippen LogP contribution is 2.18. The van der Waals surface area contributed by atoms with Gasteiger partial charge in [0.1, 0.15) is 6.04 Å². The Morgan fingerprint density at radius 3 is 2.59 bits per heavy atom. The summed E-state index contributed by atoms with van der Waals surface area (Å²) < 4.78 is 5.16. The molecule has 0 spiro atoms. The van der Waals surface area contributed by atoms with Crippen molar-refractivity contribution in [2.24, 2.45) is 5.92 Å². The molecule has 0 aromatic rings. The van der Waals surface area contributed by atoms with E-state index in [1.165, 1.54) is 0 Å². The normalized spacial score (nSPS) is 26.7. The first kappa shape index (κ1) is 12.3. The van der Waals surface area contributed by atoms with Gasteiger partial charge in [0.05, 0.1) is 25.3 Å². The average molecular weight is 237 g/mol. The van der Waals surface area contributed by atoms with Gasteiger partial charge < -0.3 is 9.64 Å². The van der Waals surface area contributed by atoms with E-state index in [2.05, 4.69) is 11.0 Å². The molecule has 0 saturated carbocycles. The molecule has 17 heavy (non-hydrogen) atoms. The lowest BCUT2D eigenvalue weighted by Gasteiger charge is -2.44. The largest absolute Gasteiger partial charge is 0.378 e. The van der Waals surface area contributed by atoms with Gasteiger partial charge in [0, 0.05) is 25.6 Å². The number of amides is 1. The third-order valence-corrected chi connectivity index (χ3v) is 3.47. The summed E-state index contributed by atoms with van der Waals surface area (Å²) >= 11 is 0. The van der Waals surface area contributed by atoms with E-state index in [1.54, 1.807) is 4.90 Å². The maximum atomic E-state index is 12.0. The summed E-state index contributed by atoms with van der Waals surface area (Å²) in [5.74, 6) is 0.0468. The standard InChI is InChI=1S/C12H19N3O2/c1-9(2)12(16)15-4-3-14(6-10(15)5-13)11-7-17-8-11/h9-11H,3-4,6-8H2,1-2H3. The van der Waals surface area contributed by atoms with Crippen LogP contribution in [0, 0.1) is 17.2 Å². The molecule has 0 N–H and O–H groups in total. The fourth-order valence-electron chi connectivity index (χ4n) is 2.28. The second-order valence-corrected chi connectivity index (χ2v) is 5.02. The molecule has 0 radical (unpaired) electrons. The van der Waals surface area contributed by atoms with E-state index in [0.29, 0.717) is 19.1 Å². The van der Waals surface area contributed by atoms with Crippen molar-refractivity contribution in [2.45, 2.75) is 25.9 Å².